The zero-order chi connectivity index (χ0) is 16.8. The monoisotopic (exact) mass is 332 g/mol. The van der Waals surface area contributed by atoms with Gasteiger partial charge in [-0.15, -0.1) is 0 Å². The van der Waals surface area contributed by atoms with Crippen molar-refractivity contribution in [2.24, 2.45) is 0 Å². The maximum Gasteiger partial charge on any atom is 0.262 e. The molecule has 23 heavy (non-hydrogen) atoms. The third-order valence-electron chi connectivity index (χ3n) is 3.16. The average molecular weight is 333 g/mol. The van der Waals surface area contributed by atoms with Crippen LogP contribution in [0.4, 0.5) is 11.4 Å². The van der Waals surface area contributed by atoms with Crippen molar-refractivity contribution in [3.8, 4) is 5.75 Å². The Labute approximate surface area is 139 Å². The highest BCUT2D eigenvalue weighted by Crippen LogP contribution is 2.24. The fraction of sp³-hybridized carbons (Fsp3) is 0.176. The molecule has 0 fully saturated rings. The van der Waals surface area contributed by atoms with E-state index in [0.29, 0.717) is 34.1 Å². The average Bonchev–Trinajstić information content (AvgIpc) is 2.55. The van der Waals surface area contributed by atoms with Crippen LogP contribution in [-0.4, -0.2) is 18.3 Å². The summed E-state index contributed by atoms with van der Waals surface area (Å²) in [4.78, 5) is 23.5. The van der Waals surface area contributed by atoms with Crippen molar-refractivity contribution in [2.45, 2.75) is 13.3 Å². The van der Waals surface area contributed by atoms with Gasteiger partial charge >= 0.3 is 0 Å². The van der Waals surface area contributed by atoms with E-state index in [0.717, 1.165) is 0 Å². The zero-order valence-electron chi connectivity index (χ0n) is 12.6. The van der Waals surface area contributed by atoms with Gasteiger partial charge in [-0.2, -0.15) is 0 Å². The van der Waals surface area contributed by atoms with Crippen LogP contribution in [0.5, 0.6) is 5.75 Å². The first-order chi connectivity index (χ1) is 11.0. The number of ketones is 1. The van der Waals surface area contributed by atoms with Crippen LogP contribution < -0.4 is 15.8 Å². The van der Waals surface area contributed by atoms with E-state index in [1.807, 2.05) is 0 Å². The topological polar surface area (TPSA) is 81.4 Å². The lowest BCUT2D eigenvalue weighted by molar-refractivity contribution is -0.118. The number of halogens is 1. The van der Waals surface area contributed by atoms with Crippen molar-refractivity contribution in [2.75, 3.05) is 17.7 Å². The molecule has 0 unspecified atom stereocenters. The molecule has 0 heterocycles. The number of benzene rings is 2. The molecule has 3 N–H and O–H groups in total. The molecule has 0 atom stereocenters. The highest BCUT2D eigenvalue weighted by Gasteiger charge is 2.10. The van der Waals surface area contributed by atoms with Crippen molar-refractivity contribution in [3.05, 3.63) is 53.1 Å². The number of amides is 1. The van der Waals surface area contributed by atoms with Crippen LogP contribution in [0.25, 0.3) is 0 Å². The van der Waals surface area contributed by atoms with Gasteiger partial charge in [-0.25, -0.2) is 0 Å². The molecule has 2 aromatic carbocycles. The predicted molar refractivity (Wildman–Crippen MR) is 91.1 cm³/mol. The van der Waals surface area contributed by atoms with Gasteiger partial charge in [0.05, 0.1) is 16.4 Å². The summed E-state index contributed by atoms with van der Waals surface area (Å²) in [6.45, 7) is 1.57. The summed E-state index contributed by atoms with van der Waals surface area (Å²) < 4.78 is 5.39. The van der Waals surface area contributed by atoms with Gasteiger partial charge in [0.15, 0.2) is 12.4 Å². The standard InChI is InChI=1S/C17H17ClN2O3/c1-2-15(21)11-7-8-16(13(19)9-11)23-10-17(22)20-14-6-4-3-5-12(14)18/h3-9H,2,10,19H2,1H3,(H,20,22). The van der Waals surface area contributed by atoms with Crippen molar-refractivity contribution in [3.63, 3.8) is 0 Å². The highest BCUT2D eigenvalue weighted by molar-refractivity contribution is 6.33. The van der Waals surface area contributed by atoms with Gasteiger partial charge in [0.25, 0.3) is 5.91 Å². The Morgan fingerprint density at radius 1 is 1.22 bits per heavy atom. The van der Waals surface area contributed by atoms with Crippen LogP contribution >= 0.6 is 11.6 Å². The second-order valence-electron chi connectivity index (χ2n) is 4.85. The number of carbonyl (C=O) groups is 2. The Morgan fingerprint density at radius 2 is 1.96 bits per heavy atom. The maximum absolute atomic E-state index is 11.9. The molecule has 0 aliphatic carbocycles. The second-order valence-corrected chi connectivity index (χ2v) is 5.25. The van der Waals surface area contributed by atoms with E-state index >= 15 is 0 Å². The van der Waals surface area contributed by atoms with E-state index in [-0.39, 0.29) is 18.3 Å². The van der Waals surface area contributed by atoms with Crippen molar-refractivity contribution < 1.29 is 14.3 Å². The number of nitrogens with two attached hydrogens (primary N) is 1. The van der Waals surface area contributed by atoms with E-state index in [1.165, 1.54) is 0 Å². The molecule has 0 aromatic heterocycles. The molecule has 0 saturated heterocycles. The van der Waals surface area contributed by atoms with Crippen molar-refractivity contribution in [1.29, 1.82) is 0 Å². The van der Waals surface area contributed by atoms with Crippen LogP contribution in [0.15, 0.2) is 42.5 Å². The van der Waals surface area contributed by atoms with Crippen molar-refractivity contribution in [1.82, 2.24) is 0 Å². The summed E-state index contributed by atoms with van der Waals surface area (Å²) in [7, 11) is 0. The number of ether oxygens (including phenoxy) is 1. The minimum Gasteiger partial charge on any atom is -0.482 e. The van der Waals surface area contributed by atoms with E-state index in [9.17, 15) is 9.59 Å². The molecule has 2 aromatic rings. The number of hydrogen-bond acceptors (Lipinski definition) is 4. The Bertz CT molecular complexity index is 732. The van der Waals surface area contributed by atoms with Crippen LogP contribution in [0.1, 0.15) is 23.7 Å². The molecule has 120 valence electrons. The van der Waals surface area contributed by atoms with Gasteiger partial charge in [-0.1, -0.05) is 30.7 Å². The number of para-hydroxylation sites is 1. The summed E-state index contributed by atoms with van der Waals surface area (Å²) >= 11 is 5.96. The molecule has 0 saturated carbocycles. The highest BCUT2D eigenvalue weighted by atomic mass is 35.5. The Morgan fingerprint density at radius 3 is 2.61 bits per heavy atom. The second kappa shape index (κ2) is 7.65. The molecule has 0 spiro atoms. The molecular weight excluding hydrogens is 316 g/mol. The third-order valence-corrected chi connectivity index (χ3v) is 3.49. The van der Waals surface area contributed by atoms with Gasteiger partial charge in [0.2, 0.25) is 0 Å². The molecule has 6 heteroatoms. The largest absolute Gasteiger partial charge is 0.482 e. The Balaban J connectivity index is 1.97. The van der Waals surface area contributed by atoms with Crippen molar-refractivity contribution >= 4 is 34.7 Å². The van der Waals surface area contributed by atoms with Crippen LogP contribution in [0.3, 0.4) is 0 Å². The molecule has 0 aliphatic heterocycles. The number of anilines is 2. The molecule has 2 rings (SSSR count). The summed E-state index contributed by atoms with van der Waals surface area (Å²) in [5.74, 6) is -0.00196. The lowest BCUT2D eigenvalue weighted by atomic mass is 10.1. The first kappa shape index (κ1) is 16.8. The maximum atomic E-state index is 11.9. The number of nitrogens with one attached hydrogen (secondary N) is 1. The van der Waals surface area contributed by atoms with E-state index in [1.54, 1.807) is 49.4 Å². The lowest BCUT2D eigenvalue weighted by Crippen LogP contribution is -2.20. The summed E-state index contributed by atoms with van der Waals surface area (Å²) in [6.07, 6.45) is 0.403. The van der Waals surface area contributed by atoms with Gasteiger partial charge in [-0.3, -0.25) is 9.59 Å². The summed E-state index contributed by atoms with van der Waals surface area (Å²) in [5.41, 5.74) is 7.20. The Hall–Kier alpha value is -2.53. The van der Waals surface area contributed by atoms with E-state index in [2.05, 4.69) is 5.32 Å². The van der Waals surface area contributed by atoms with Gasteiger partial charge < -0.3 is 15.8 Å². The van der Waals surface area contributed by atoms with Gasteiger partial charge in [-0.05, 0) is 30.3 Å². The first-order valence-corrected chi connectivity index (χ1v) is 7.49. The minimum absolute atomic E-state index is 0.000266. The van der Waals surface area contributed by atoms with E-state index < -0.39 is 0 Å². The number of Topliss-reactive ketones (excluding diaryl/α,β-unsaturated/α-hetero) is 1. The molecule has 0 radical (unpaired) electrons. The van der Waals surface area contributed by atoms with Crippen LogP contribution in [-0.2, 0) is 4.79 Å². The molecule has 1 amide bonds. The Kier molecular flexibility index (Phi) is 5.60. The molecule has 0 bridgehead atoms. The number of rotatable bonds is 6. The van der Waals surface area contributed by atoms with Gasteiger partial charge in [0, 0.05) is 12.0 Å². The quantitative estimate of drug-likeness (QED) is 0.626. The lowest BCUT2D eigenvalue weighted by Gasteiger charge is -2.11. The summed E-state index contributed by atoms with van der Waals surface area (Å²) in [5, 5.41) is 3.09. The number of hydrogen-bond donors (Lipinski definition) is 2. The predicted octanol–water partition coefficient (Wildman–Crippen LogP) is 3.53. The molecular formula is C17H17ClN2O3. The number of nitrogen functional groups attached to an aromatic ring is 1. The third kappa shape index (κ3) is 4.47. The zero-order valence-corrected chi connectivity index (χ0v) is 13.4. The minimum atomic E-state index is -0.355. The summed E-state index contributed by atoms with van der Waals surface area (Å²) in [6, 6.07) is 11.7. The first-order valence-electron chi connectivity index (χ1n) is 7.11. The fourth-order valence-electron chi connectivity index (χ4n) is 1.95. The smallest absolute Gasteiger partial charge is 0.262 e. The SMILES string of the molecule is CCC(=O)c1ccc(OCC(=O)Nc2ccccc2Cl)c(N)c1. The van der Waals surface area contributed by atoms with Gasteiger partial charge in [0.1, 0.15) is 5.75 Å². The molecule has 0 aliphatic rings. The fourth-order valence-corrected chi connectivity index (χ4v) is 2.13. The van der Waals surface area contributed by atoms with E-state index in [4.69, 9.17) is 22.1 Å². The molecule has 5 nitrogen and oxygen atoms in total. The number of carbonyl (C=O) groups excluding carboxylic acids is 2. The van der Waals surface area contributed by atoms with Crippen LogP contribution in [0, 0.1) is 0 Å². The normalized spacial score (nSPS) is 10.2. The van der Waals surface area contributed by atoms with Crippen LogP contribution in [0.2, 0.25) is 5.02 Å².